The molecule has 2 saturated carbocycles. The molecule has 4 N–H and O–H groups in total. The number of carbonyl (C=O) groups is 5. The third-order valence-electron chi connectivity index (χ3n) is 11.7. The second-order valence-corrected chi connectivity index (χ2v) is 20.1. The average Bonchev–Trinajstić information content (AvgIpc) is 3.99. The van der Waals surface area contributed by atoms with Crippen molar-refractivity contribution in [2.24, 2.45) is 23.2 Å². The molecular formula is C40H53N7O8S2. The summed E-state index contributed by atoms with van der Waals surface area (Å²) < 4.78 is 33.3. The smallest absolute Gasteiger partial charge is 0.315 e. The van der Waals surface area contributed by atoms with Crippen molar-refractivity contribution in [3.8, 4) is 17.0 Å². The zero-order chi connectivity index (χ0) is 40.7. The number of carbonyl (C=O) groups excluding carboxylic acids is 5. The van der Waals surface area contributed by atoms with Gasteiger partial charge in [0.05, 0.1) is 18.1 Å². The lowest BCUT2D eigenvalue weighted by molar-refractivity contribution is -0.142. The molecule has 17 heteroatoms. The number of allylic oxidation sites excluding steroid dienone is 1. The zero-order valence-corrected chi connectivity index (χ0v) is 34.5. The van der Waals surface area contributed by atoms with E-state index in [2.05, 4.69) is 25.7 Å². The van der Waals surface area contributed by atoms with Gasteiger partial charge in [0.2, 0.25) is 21.8 Å². The molecule has 15 nitrogen and oxygen atoms in total. The van der Waals surface area contributed by atoms with E-state index >= 15 is 0 Å². The van der Waals surface area contributed by atoms with Gasteiger partial charge in [0.15, 0.2) is 5.01 Å². The van der Waals surface area contributed by atoms with Crippen molar-refractivity contribution in [1.82, 2.24) is 35.5 Å². The normalized spacial score (nSPS) is 28.5. The number of ether oxygens (including phenoxy) is 1. The molecule has 7 rings (SSSR count). The number of sulfonamides is 1. The highest BCUT2D eigenvalue weighted by atomic mass is 32.2. The van der Waals surface area contributed by atoms with Crippen molar-refractivity contribution in [3.63, 3.8) is 0 Å². The molecular weight excluding hydrogens is 771 g/mol. The summed E-state index contributed by atoms with van der Waals surface area (Å²) in [5.74, 6) is -2.58. The van der Waals surface area contributed by atoms with Crippen molar-refractivity contribution in [2.45, 2.75) is 95.0 Å². The van der Waals surface area contributed by atoms with Crippen LogP contribution < -0.4 is 25.4 Å². The number of aromatic nitrogens is 1. The highest BCUT2D eigenvalue weighted by Crippen LogP contribution is 2.47. The van der Waals surface area contributed by atoms with Gasteiger partial charge in [0.25, 0.3) is 11.8 Å². The van der Waals surface area contributed by atoms with Crippen LogP contribution in [0.15, 0.2) is 41.8 Å². The van der Waals surface area contributed by atoms with E-state index in [-0.39, 0.29) is 43.3 Å². The van der Waals surface area contributed by atoms with Crippen LogP contribution in [-0.2, 0) is 24.4 Å². The first-order chi connectivity index (χ1) is 27.1. The first-order valence-corrected chi connectivity index (χ1v) is 22.3. The number of fused-ring (bicyclic) bond motifs is 4. The van der Waals surface area contributed by atoms with Crippen LogP contribution in [0, 0.1) is 23.2 Å². The standard InChI is InChI=1S/C40H53N7O8S2/c1-39(2,3)23-41-38(52)43-30-11-9-7-5-6-8-10-26-18-40(26,37(51)45-57(53,54)28-16-17-28)44-33(48)32-29-21-46(19-25(29)20-47(32)35(30)49)36(50)34-42-31(22-56-34)24-12-14-27(55-4)15-13-24/h8,10,12-15,22,25-26,28-30,32H,5-7,9,11,16-21,23H2,1-4H3,(H,44,48)(H,45,51)(H2,41,43,52)/b10-8-/t25-,26-,29-,30-,32-,40+/m0/s1. The van der Waals surface area contributed by atoms with Gasteiger partial charge in [0, 0.05) is 54.9 Å². The lowest BCUT2D eigenvalue weighted by Gasteiger charge is -2.33. The van der Waals surface area contributed by atoms with Gasteiger partial charge in [-0.3, -0.25) is 23.9 Å². The maximum absolute atomic E-state index is 14.7. The summed E-state index contributed by atoms with van der Waals surface area (Å²) in [6.07, 6.45) is 8.29. The number of thiazole rings is 1. The Morgan fingerprint density at radius 3 is 2.49 bits per heavy atom. The number of methoxy groups -OCH3 is 1. The predicted molar refractivity (Wildman–Crippen MR) is 214 cm³/mol. The molecule has 0 unspecified atom stereocenters. The Morgan fingerprint density at radius 1 is 1.04 bits per heavy atom. The number of likely N-dealkylation sites (tertiary alicyclic amines) is 1. The highest BCUT2D eigenvalue weighted by molar-refractivity contribution is 7.91. The van der Waals surface area contributed by atoms with Crippen molar-refractivity contribution in [2.75, 3.05) is 33.3 Å². The van der Waals surface area contributed by atoms with Crippen molar-refractivity contribution in [1.29, 1.82) is 0 Å². The monoisotopic (exact) mass is 823 g/mol. The van der Waals surface area contributed by atoms with Crippen molar-refractivity contribution >= 4 is 51.0 Å². The second-order valence-electron chi connectivity index (χ2n) is 17.3. The number of nitrogens with zero attached hydrogens (tertiary/aromatic N) is 3. The Kier molecular flexibility index (Phi) is 11.4. The minimum Gasteiger partial charge on any atom is -0.497 e. The molecule has 2 aromatic rings. The maximum Gasteiger partial charge on any atom is 0.315 e. The fourth-order valence-electron chi connectivity index (χ4n) is 8.19. The Morgan fingerprint density at radius 2 is 1.79 bits per heavy atom. The summed E-state index contributed by atoms with van der Waals surface area (Å²) in [7, 11) is -2.32. The van der Waals surface area contributed by atoms with Gasteiger partial charge in [-0.25, -0.2) is 18.2 Å². The molecule has 2 aliphatic carbocycles. The van der Waals surface area contributed by atoms with E-state index in [1.54, 1.807) is 12.0 Å². The van der Waals surface area contributed by atoms with Gasteiger partial charge in [-0.05, 0) is 68.2 Å². The van der Waals surface area contributed by atoms with E-state index in [9.17, 15) is 32.4 Å². The summed E-state index contributed by atoms with van der Waals surface area (Å²) in [4.78, 5) is 78.0. The molecule has 4 fully saturated rings. The second kappa shape index (κ2) is 16.0. The van der Waals surface area contributed by atoms with Gasteiger partial charge in [0.1, 0.15) is 23.4 Å². The number of hydrogen-bond acceptors (Lipinski definition) is 10. The molecule has 0 bridgehead atoms. The fraction of sp³-hybridized carbons (Fsp3) is 0.600. The quantitative estimate of drug-likeness (QED) is 0.289. The zero-order valence-electron chi connectivity index (χ0n) is 32.9. The molecule has 308 valence electrons. The van der Waals surface area contributed by atoms with Crippen LogP contribution >= 0.6 is 11.3 Å². The Hall–Kier alpha value is -4.51. The van der Waals surface area contributed by atoms with Crippen LogP contribution in [0.1, 0.15) is 81.9 Å². The molecule has 6 atom stereocenters. The number of benzene rings is 1. The summed E-state index contributed by atoms with van der Waals surface area (Å²) in [6.45, 7) is 6.94. The van der Waals surface area contributed by atoms with Gasteiger partial charge in [-0.1, -0.05) is 45.8 Å². The number of rotatable bonds is 8. The van der Waals surface area contributed by atoms with Gasteiger partial charge in [-0.2, -0.15) is 0 Å². The van der Waals surface area contributed by atoms with Crippen LogP contribution in [-0.4, -0.2) is 109 Å². The van der Waals surface area contributed by atoms with E-state index in [0.29, 0.717) is 55.1 Å². The van der Waals surface area contributed by atoms with E-state index in [0.717, 1.165) is 18.4 Å². The van der Waals surface area contributed by atoms with Crippen LogP contribution in [0.5, 0.6) is 5.75 Å². The van der Waals surface area contributed by atoms with Gasteiger partial charge < -0.3 is 30.5 Å². The maximum atomic E-state index is 14.7. The molecule has 0 radical (unpaired) electrons. The minimum atomic E-state index is -3.91. The lowest BCUT2D eigenvalue weighted by atomic mass is 9.93. The minimum absolute atomic E-state index is 0.153. The van der Waals surface area contributed by atoms with E-state index < -0.39 is 68.5 Å². The average molecular weight is 824 g/mol. The van der Waals surface area contributed by atoms with E-state index in [4.69, 9.17) is 4.74 Å². The molecule has 6 amide bonds. The van der Waals surface area contributed by atoms with E-state index in [1.807, 2.05) is 62.6 Å². The number of nitrogens with one attached hydrogen (secondary N) is 4. The summed E-state index contributed by atoms with van der Waals surface area (Å²) in [6, 6.07) is 4.89. The molecule has 1 aromatic carbocycles. The largest absolute Gasteiger partial charge is 0.497 e. The van der Waals surface area contributed by atoms with Crippen LogP contribution in [0.4, 0.5) is 4.79 Å². The van der Waals surface area contributed by atoms with Crippen LogP contribution in [0.25, 0.3) is 11.3 Å². The lowest BCUT2D eigenvalue weighted by Crippen LogP contribution is -2.60. The Bertz CT molecular complexity index is 2030. The fourth-order valence-corrected chi connectivity index (χ4v) is 10.3. The predicted octanol–water partition coefficient (Wildman–Crippen LogP) is 3.44. The first-order valence-electron chi connectivity index (χ1n) is 19.9. The van der Waals surface area contributed by atoms with Crippen molar-refractivity contribution in [3.05, 3.63) is 46.8 Å². The SMILES string of the molecule is COc1ccc(-c2csc(C(=O)N3C[C@H]4CN5C(=O)[C@@H](NC(=O)NCC(C)(C)C)CCCCC/C=C\[C@H]6C[C@@]6(C(=O)NS(=O)(=O)C6CC6)NC(=O)[C@@H]5[C@H]4C3)n2)cc1. The number of amides is 6. The molecule has 2 saturated heterocycles. The highest BCUT2D eigenvalue weighted by Gasteiger charge is 2.63. The summed E-state index contributed by atoms with van der Waals surface area (Å²) in [5.41, 5.74) is -0.225. The molecule has 0 spiro atoms. The van der Waals surface area contributed by atoms with Gasteiger partial charge >= 0.3 is 6.03 Å². The third-order valence-corrected chi connectivity index (χ3v) is 14.3. The van der Waals surface area contributed by atoms with Gasteiger partial charge in [-0.15, -0.1) is 11.3 Å². The van der Waals surface area contributed by atoms with Crippen LogP contribution in [0.2, 0.25) is 0 Å². The molecule has 1 aromatic heterocycles. The number of hydrogen-bond donors (Lipinski definition) is 4. The molecule has 3 aliphatic heterocycles. The number of urea groups is 1. The van der Waals surface area contributed by atoms with E-state index in [1.165, 1.54) is 16.2 Å². The Labute approximate surface area is 337 Å². The summed E-state index contributed by atoms with van der Waals surface area (Å²) >= 11 is 1.23. The molecule has 57 heavy (non-hydrogen) atoms. The molecule has 4 heterocycles. The Balaban J connectivity index is 1.15. The van der Waals surface area contributed by atoms with Crippen LogP contribution in [0.3, 0.4) is 0 Å². The first kappa shape index (κ1) is 40.7. The topological polar surface area (TPSA) is 196 Å². The van der Waals surface area contributed by atoms with Crippen molar-refractivity contribution < 1.29 is 37.1 Å². The molecule has 5 aliphatic rings. The third kappa shape index (κ3) is 8.98. The summed E-state index contributed by atoms with van der Waals surface area (Å²) in [5, 5.41) is 10.2.